The number of nitrogens with two attached hydrogens (primary N) is 1. The van der Waals surface area contributed by atoms with Crippen molar-refractivity contribution >= 4 is 23.4 Å². The third-order valence-electron chi connectivity index (χ3n) is 3.74. The minimum Gasteiger partial charge on any atom is -0.366 e. The van der Waals surface area contributed by atoms with E-state index in [9.17, 15) is 24.5 Å². The number of non-ortho nitro benzene ring substituents is 1. The van der Waals surface area contributed by atoms with Crippen LogP contribution in [0.3, 0.4) is 0 Å². The molecule has 120 valence electrons. The van der Waals surface area contributed by atoms with Gasteiger partial charge in [-0.1, -0.05) is 12.1 Å². The van der Waals surface area contributed by atoms with Gasteiger partial charge in [0.2, 0.25) is 5.91 Å². The average Bonchev–Trinajstić information content (AvgIpc) is 2.80. The first kappa shape index (κ1) is 15.3. The molecule has 0 saturated heterocycles. The van der Waals surface area contributed by atoms with Crippen LogP contribution < -0.4 is 5.73 Å². The van der Waals surface area contributed by atoms with Gasteiger partial charge in [0.25, 0.3) is 17.5 Å². The summed E-state index contributed by atoms with van der Waals surface area (Å²) in [6, 6.07) is 9.75. The molecule has 1 heterocycles. The van der Waals surface area contributed by atoms with Gasteiger partial charge in [0.1, 0.15) is 0 Å². The van der Waals surface area contributed by atoms with Gasteiger partial charge in [0, 0.05) is 17.7 Å². The maximum Gasteiger partial charge on any atom is 0.270 e. The van der Waals surface area contributed by atoms with Crippen molar-refractivity contribution in [1.29, 1.82) is 0 Å². The molecular formula is C16H11N3O5. The summed E-state index contributed by atoms with van der Waals surface area (Å²) in [5, 5.41) is 10.8. The Labute approximate surface area is 135 Å². The first-order valence-corrected chi connectivity index (χ1v) is 6.92. The number of carbonyl (C=O) groups excluding carboxylic acids is 3. The maximum absolute atomic E-state index is 12.4. The van der Waals surface area contributed by atoms with Crippen molar-refractivity contribution in [2.75, 3.05) is 0 Å². The molecule has 0 fully saturated rings. The molecule has 2 aromatic carbocycles. The average molecular weight is 325 g/mol. The highest BCUT2D eigenvalue weighted by Crippen LogP contribution is 2.28. The number of nitro benzene ring substituents is 1. The molecular weight excluding hydrogens is 314 g/mol. The second-order valence-corrected chi connectivity index (χ2v) is 5.24. The zero-order valence-electron chi connectivity index (χ0n) is 12.3. The summed E-state index contributed by atoms with van der Waals surface area (Å²) in [6.07, 6.45) is 0. The van der Waals surface area contributed by atoms with Gasteiger partial charge < -0.3 is 5.73 Å². The second-order valence-electron chi connectivity index (χ2n) is 5.24. The van der Waals surface area contributed by atoms with Crippen LogP contribution in [0.15, 0.2) is 42.5 Å². The normalized spacial score (nSPS) is 13.1. The van der Waals surface area contributed by atoms with Crippen LogP contribution in [-0.2, 0) is 6.54 Å². The van der Waals surface area contributed by atoms with Crippen molar-refractivity contribution in [1.82, 2.24) is 4.90 Å². The van der Waals surface area contributed by atoms with Crippen molar-refractivity contribution < 1.29 is 19.3 Å². The lowest BCUT2D eigenvalue weighted by Gasteiger charge is -2.13. The predicted molar refractivity (Wildman–Crippen MR) is 82.3 cm³/mol. The number of nitro groups is 1. The number of hydrogen-bond acceptors (Lipinski definition) is 5. The summed E-state index contributed by atoms with van der Waals surface area (Å²) in [6.45, 7) is -0.000807. The van der Waals surface area contributed by atoms with Crippen LogP contribution in [0.1, 0.15) is 36.6 Å². The molecule has 0 aliphatic carbocycles. The number of primary amides is 1. The van der Waals surface area contributed by atoms with Gasteiger partial charge in [-0.25, -0.2) is 0 Å². The Morgan fingerprint density at radius 2 is 1.67 bits per heavy atom. The Kier molecular flexibility index (Phi) is 3.57. The molecule has 3 amide bonds. The van der Waals surface area contributed by atoms with Gasteiger partial charge in [-0.3, -0.25) is 29.4 Å². The highest BCUT2D eigenvalue weighted by molar-refractivity contribution is 6.21. The molecule has 24 heavy (non-hydrogen) atoms. The summed E-state index contributed by atoms with van der Waals surface area (Å²) in [7, 11) is 0. The first-order chi connectivity index (χ1) is 11.4. The molecule has 0 unspecified atom stereocenters. The lowest BCUT2D eigenvalue weighted by Crippen LogP contribution is -2.29. The summed E-state index contributed by atoms with van der Waals surface area (Å²) in [5.74, 6) is -1.67. The Balaban J connectivity index is 1.88. The van der Waals surface area contributed by atoms with E-state index in [1.54, 1.807) is 12.1 Å². The van der Waals surface area contributed by atoms with Crippen LogP contribution >= 0.6 is 0 Å². The fourth-order valence-electron chi connectivity index (χ4n) is 2.49. The molecule has 0 aromatic heterocycles. The lowest BCUT2D eigenvalue weighted by molar-refractivity contribution is -0.384. The summed E-state index contributed by atoms with van der Waals surface area (Å²) < 4.78 is 0. The molecule has 2 aromatic rings. The highest BCUT2D eigenvalue weighted by atomic mass is 16.6. The monoisotopic (exact) mass is 325 g/mol. The molecule has 0 radical (unpaired) electrons. The van der Waals surface area contributed by atoms with Crippen LogP contribution in [0, 0.1) is 10.1 Å². The number of rotatable bonds is 4. The standard InChI is InChI=1S/C16H11N3O5/c17-14(20)10-3-1-9(2-4-10)8-18-15(21)12-6-5-11(19(23)24)7-13(12)16(18)22/h1-7H,8H2,(H2,17,20). The van der Waals surface area contributed by atoms with Crippen LogP contribution in [-0.4, -0.2) is 27.5 Å². The van der Waals surface area contributed by atoms with E-state index >= 15 is 0 Å². The number of fused-ring (bicyclic) bond motifs is 1. The van der Waals surface area contributed by atoms with Gasteiger partial charge in [-0.15, -0.1) is 0 Å². The van der Waals surface area contributed by atoms with E-state index in [1.165, 1.54) is 24.3 Å². The highest BCUT2D eigenvalue weighted by Gasteiger charge is 2.36. The predicted octanol–water partition coefficient (Wildman–Crippen LogP) is 1.49. The van der Waals surface area contributed by atoms with E-state index in [-0.39, 0.29) is 23.4 Å². The molecule has 8 nitrogen and oxygen atoms in total. The summed E-state index contributed by atoms with van der Waals surface area (Å²) >= 11 is 0. The van der Waals surface area contributed by atoms with Crippen molar-refractivity contribution in [3.8, 4) is 0 Å². The van der Waals surface area contributed by atoms with Crippen molar-refractivity contribution in [3.63, 3.8) is 0 Å². The smallest absolute Gasteiger partial charge is 0.270 e. The Hall–Kier alpha value is -3.55. The molecule has 1 aliphatic heterocycles. The third-order valence-corrected chi connectivity index (χ3v) is 3.74. The molecule has 2 N–H and O–H groups in total. The SMILES string of the molecule is NC(=O)c1ccc(CN2C(=O)c3ccc([N+](=O)[O-])cc3C2=O)cc1. The first-order valence-electron chi connectivity index (χ1n) is 6.92. The number of carbonyl (C=O) groups is 3. The van der Waals surface area contributed by atoms with Gasteiger partial charge in [0.15, 0.2) is 0 Å². The number of nitrogens with zero attached hydrogens (tertiary/aromatic N) is 2. The number of amides is 3. The zero-order chi connectivity index (χ0) is 17.4. The van der Waals surface area contributed by atoms with E-state index < -0.39 is 22.6 Å². The topological polar surface area (TPSA) is 124 Å². The second kappa shape index (κ2) is 5.58. The third kappa shape index (κ3) is 2.50. The van der Waals surface area contributed by atoms with Crippen molar-refractivity contribution in [2.45, 2.75) is 6.54 Å². The van der Waals surface area contributed by atoms with Crippen LogP contribution in [0.25, 0.3) is 0 Å². The quantitative estimate of drug-likeness (QED) is 0.518. The minimum absolute atomic E-state index is 0.000807. The molecule has 0 spiro atoms. The summed E-state index contributed by atoms with van der Waals surface area (Å²) in [5.41, 5.74) is 6.01. The van der Waals surface area contributed by atoms with E-state index in [0.717, 1.165) is 11.0 Å². The molecule has 8 heteroatoms. The fraction of sp³-hybridized carbons (Fsp3) is 0.0625. The Morgan fingerprint density at radius 3 is 2.25 bits per heavy atom. The zero-order valence-corrected chi connectivity index (χ0v) is 12.3. The van der Waals surface area contributed by atoms with Crippen LogP contribution in [0.5, 0.6) is 0 Å². The minimum atomic E-state index is -0.622. The van der Waals surface area contributed by atoms with Crippen molar-refractivity contribution in [2.24, 2.45) is 5.73 Å². The van der Waals surface area contributed by atoms with E-state index in [1.807, 2.05) is 0 Å². The summed E-state index contributed by atoms with van der Waals surface area (Å²) in [4.78, 5) is 46.9. The number of hydrogen-bond donors (Lipinski definition) is 1. The van der Waals surface area contributed by atoms with E-state index in [0.29, 0.717) is 11.1 Å². The molecule has 0 atom stereocenters. The number of imide groups is 1. The maximum atomic E-state index is 12.4. The molecule has 1 aliphatic rings. The van der Waals surface area contributed by atoms with Gasteiger partial charge in [0.05, 0.1) is 22.6 Å². The Bertz CT molecular complexity index is 889. The fourth-order valence-corrected chi connectivity index (χ4v) is 2.49. The largest absolute Gasteiger partial charge is 0.366 e. The van der Waals surface area contributed by atoms with Gasteiger partial charge in [-0.05, 0) is 23.8 Å². The van der Waals surface area contributed by atoms with Gasteiger partial charge >= 0.3 is 0 Å². The lowest BCUT2D eigenvalue weighted by atomic mass is 10.1. The molecule has 3 rings (SSSR count). The molecule has 0 bridgehead atoms. The van der Waals surface area contributed by atoms with E-state index in [2.05, 4.69) is 0 Å². The van der Waals surface area contributed by atoms with Gasteiger partial charge in [-0.2, -0.15) is 0 Å². The van der Waals surface area contributed by atoms with Crippen molar-refractivity contribution in [3.05, 3.63) is 74.8 Å². The van der Waals surface area contributed by atoms with E-state index in [4.69, 9.17) is 5.73 Å². The Morgan fingerprint density at radius 1 is 1.04 bits per heavy atom. The number of benzene rings is 2. The molecule has 0 saturated carbocycles. The van der Waals surface area contributed by atoms with Crippen LogP contribution in [0.2, 0.25) is 0 Å². The van der Waals surface area contributed by atoms with Crippen LogP contribution in [0.4, 0.5) is 5.69 Å².